The zero-order valence-electron chi connectivity index (χ0n) is 29.8. The highest BCUT2D eigenvalue weighted by Crippen LogP contribution is 2.56. The molecule has 1 heterocycles. The third kappa shape index (κ3) is 4.20. The number of aryl methyl sites for hydroxylation is 1. The summed E-state index contributed by atoms with van der Waals surface area (Å²) in [5, 5.41) is 2.70. The van der Waals surface area contributed by atoms with Crippen LogP contribution >= 0.6 is 0 Å². The van der Waals surface area contributed by atoms with Crippen LogP contribution in [0.5, 0.6) is 0 Å². The average molecular weight is 653 g/mol. The molecule has 4 fully saturated rings. The minimum absolute atomic E-state index is 0.102. The van der Waals surface area contributed by atoms with Gasteiger partial charge >= 0.3 is 0 Å². The highest BCUT2D eigenvalue weighted by Gasteiger charge is 2.41. The average Bonchev–Trinajstić information content (AvgIpc) is 4.02. The molecule has 0 amide bonds. The molecular weight excluding hydrogens is 605 g/mol. The van der Waals surface area contributed by atoms with E-state index in [1.807, 2.05) is 0 Å². The molecule has 5 aliphatic rings. The van der Waals surface area contributed by atoms with Crippen LogP contribution in [0.25, 0.3) is 32.9 Å². The van der Waals surface area contributed by atoms with Gasteiger partial charge in [-0.25, -0.2) is 0 Å². The van der Waals surface area contributed by atoms with Crippen molar-refractivity contribution in [2.75, 3.05) is 4.90 Å². The first-order valence-electron chi connectivity index (χ1n) is 19.6. The maximum absolute atomic E-state index is 2.53. The SMILES string of the molecule is Cn1c2ccccc2c2cc3c(cc21)-c1ccc(N(c2ccc(C4CC5CCC4C5)cc2)c2ccc(C4CC5CCC4C5)cc2)cc1C3(C)C. The molecule has 2 nitrogen and oxygen atoms in total. The van der Waals surface area contributed by atoms with Gasteiger partial charge in [0.15, 0.2) is 0 Å². The van der Waals surface area contributed by atoms with Gasteiger partial charge in [0.2, 0.25) is 0 Å². The number of rotatable bonds is 5. The third-order valence-electron chi connectivity index (χ3n) is 14.6. The Morgan fingerprint density at radius 2 is 1.12 bits per heavy atom. The van der Waals surface area contributed by atoms with Crippen LogP contribution in [0.15, 0.2) is 103 Å². The predicted octanol–water partition coefficient (Wildman–Crippen LogP) is 12.9. The Morgan fingerprint density at radius 1 is 0.540 bits per heavy atom. The molecule has 4 saturated carbocycles. The maximum atomic E-state index is 2.53. The fourth-order valence-corrected chi connectivity index (χ4v) is 12.0. The van der Waals surface area contributed by atoms with Crippen molar-refractivity contribution in [3.63, 3.8) is 0 Å². The Kier molecular flexibility index (Phi) is 6.25. The van der Waals surface area contributed by atoms with E-state index in [2.05, 4.69) is 133 Å². The number of hydrogen-bond acceptors (Lipinski definition) is 1. The van der Waals surface area contributed by atoms with Crippen molar-refractivity contribution >= 4 is 38.9 Å². The second-order valence-electron chi connectivity index (χ2n) is 17.4. The van der Waals surface area contributed by atoms with E-state index in [4.69, 9.17) is 0 Å². The molecule has 0 radical (unpaired) electrons. The normalized spacial score (nSPS) is 27.0. The molecule has 6 unspecified atom stereocenters. The van der Waals surface area contributed by atoms with Crippen molar-refractivity contribution in [3.05, 3.63) is 125 Å². The van der Waals surface area contributed by atoms with E-state index >= 15 is 0 Å². The van der Waals surface area contributed by atoms with Gasteiger partial charge in [0.1, 0.15) is 0 Å². The molecular formula is C48H48N2. The summed E-state index contributed by atoms with van der Waals surface area (Å²) in [5.74, 6) is 5.23. The molecule has 6 atom stereocenters. The Labute approximate surface area is 297 Å². The predicted molar refractivity (Wildman–Crippen MR) is 209 cm³/mol. The van der Waals surface area contributed by atoms with Crippen LogP contribution in [-0.4, -0.2) is 4.57 Å². The van der Waals surface area contributed by atoms with E-state index < -0.39 is 0 Å². The van der Waals surface area contributed by atoms with Gasteiger partial charge in [-0.2, -0.15) is 0 Å². The smallest absolute Gasteiger partial charge is 0.0495 e. The first-order valence-corrected chi connectivity index (χ1v) is 19.6. The van der Waals surface area contributed by atoms with Gasteiger partial charge in [0.25, 0.3) is 0 Å². The second kappa shape index (κ2) is 10.6. The molecule has 1 aromatic heterocycles. The van der Waals surface area contributed by atoms with Gasteiger partial charge in [0, 0.05) is 51.3 Å². The first kappa shape index (κ1) is 29.4. The molecule has 4 bridgehead atoms. The molecule has 2 heteroatoms. The van der Waals surface area contributed by atoms with Crippen LogP contribution in [-0.2, 0) is 12.5 Å². The molecule has 0 aliphatic heterocycles. The minimum Gasteiger partial charge on any atom is -0.344 e. The summed E-state index contributed by atoms with van der Waals surface area (Å²) in [6.07, 6.45) is 11.5. The Balaban J connectivity index is 1.01. The molecule has 0 saturated heterocycles. The van der Waals surface area contributed by atoms with Crippen molar-refractivity contribution < 1.29 is 0 Å². The van der Waals surface area contributed by atoms with Gasteiger partial charge in [-0.1, -0.05) is 75.2 Å². The van der Waals surface area contributed by atoms with Gasteiger partial charge in [-0.3, -0.25) is 0 Å². The summed E-state index contributed by atoms with van der Waals surface area (Å²) >= 11 is 0. The standard InChI is InChI=1S/C48H48N2/c1-48(2)44-26-37(20-21-38(44)42-28-47-43(27-45(42)48)39-6-4-5-7-46(39)49(47)3)50(35-16-12-31(13-17-35)40-24-29-8-10-33(40)22-29)36-18-14-32(15-19-36)41-25-30-9-11-34(41)23-30/h4-7,12-21,26-30,33-34,40-41H,8-11,22-25H2,1-3H3. The largest absolute Gasteiger partial charge is 0.344 e. The van der Waals surface area contributed by atoms with Gasteiger partial charge in [-0.05, 0) is 162 Å². The Bertz CT molecular complexity index is 2230. The lowest BCUT2D eigenvalue weighted by Gasteiger charge is -2.29. The van der Waals surface area contributed by atoms with Crippen LogP contribution in [0, 0.1) is 23.7 Å². The summed E-state index contributed by atoms with van der Waals surface area (Å²) in [6.45, 7) is 4.86. The first-order chi connectivity index (χ1) is 24.4. The molecule has 250 valence electrons. The Hall–Kier alpha value is -4.30. The Morgan fingerprint density at radius 3 is 1.70 bits per heavy atom. The van der Waals surface area contributed by atoms with Crippen molar-refractivity contribution in [3.8, 4) is 11.1 Å². The van der Waals surface area contributed by atoms with E-state index in [1.54, 1.807) is 11.1 Å². The quantitative estimate of drug-likeness (QED) is 0.180. The van der Waals surface area contributed by atoms with E-state index in [0.717, 1.165) is 35.5 Å². The molecule has 0 N–H and O–H groups in total. The lowest BCUT2D eigenvalue weighted by atomic mass is 9.81. The van der Waals surface area contributed by atoms with Crippen molar-refractivity contribution in [2.24, 2.45) is 30.7 Å². The topological polar surface area (TPSA) is 8.17 Å². The molecule has 5 aromatic carbocycles. The summed E-state index contributed by atoms with van der Waals surface area (Å²) < 4.78 is 2.37. The van der Waals surface area contributed by atoms with Crippen molar-refractivity contribution in [1.82, 2.24) is 4.57 Å². The fraction of sp³-hybridized carbons (Fsp3) is 0.375. The third-order valence-corrected chi connectivity index (χ3v) is 14.6. The summed E-state index contributed by atoms with van der Waals surface area (Å²) in [7, 11) is 2.21. The number of nitrogens with zero attached hydrogens (tertiary/aromatic N) is 2. The minimum atomic E-state index is -0.102. The van der Waals surface area contributed by atoms with Crippen LogP contribution in [0.3, 0.4) is 0 Å². The van der Waals surface area contributed by atoms with E-state index in [-0.39, 0.29) is 5.41 Å². The number of benzene rings is 5. The van der Waals surface area contributed by atoms with Gasteiger partial charge in [0.05, 0.1) is 0 Å². The molecule has 11 rings (SSSR count). The lowest BCUT2D eigenvalue weighted by Crippen LogP contribution is -2.17. The van der Waals surface area contributed by atoms with Gasteiger partial charge in [-0.15, -0.1) is 0 Å². The molecule has 6 aromatic rings. The number of fused-ring (bicyclic) bond motifs is 10. The van der Waals surface area contributed by atoms with Crippen LogP contribution in [0.1, 0.15) is 99.3 Å². The molecule has 5 aliphatic carbocycles. The van der Waals surface area contributed by atoms with Crippen LogP contribution < -0.4 is 4.90 Å². The number of para-hydroxylation sites is 1. The fourth-order valence-electron chi connectivity index (χ4n) is 12.0. The van der Waals surface area contributed by atoms with E-state index in [1.165, 1.54) is 112 Å². The van der Waals surface area contributed by atoms with E-state index in [0.29, 0.717) is 0 Å². The zero-order chi connectivity index (χ0) is 33.3. The van der Waals surface area contributed by atoms with E-state index in [9.17, 15) is 0 Å². The van der Waals surface area contributed by atoms with Crippen LogP contribution in [0.2, 0.25) is 0 Å². The van der Waals surface area contributed by atoms with Crippen LogP contribution in [0.4, 0.5) is 17.1 Å². The summed E-state index contributed by atoms with van der Waals surface area (Å²) in [6, 6.07) is 40.6. The number of hydrogen-bond donors (Lipinski definition) is 0. The lowest BCUT2D eigenvalue weighted by molar-refractivity contribution is 0.420. The summed E-state index contributed by atoms with van der Waals surface area (Å²) in [4.78, 5) is 2.53. The maximum Gasteiger partial charge on any atom is 0.0495 e. The van der Waals surface area contributed by atoms with Crippen molar-refractivity contribution in [1.29, 1.82) is 0 Å². The molecule has 0 spiro atoms. The number of aromatic nitrogens is 1. The zero-order valence-corrected chi connectivity index (χ0v) is 29.8. The second-order valence-corrected chi connectivity index (χ2v) is 17.4. The highest BCUT2D eigenvalue weighted by atomic mass is 15.1. The highest BCUT2D eigenvalue weighted by molar-refractivity contribution is 6.10. The monoisotopic (exact) mass is 652 g/mol. The van der Waals surface area contributed by atoms with Crippen molar-refractivity contribution in [2.45, 2.75) is 82.5 Å². The molecule has 50 heavy (non-hydrogen) atoms. The number of anilines is 3. The van der Waals surface area contributed by atoms with Gasteiger partial charge < -0.3 is 9.47 Å². The summed E-state index contributed by atoms with van der Waals surface area (Å²) in [5.41, 5.74) is 15.0.